The van der Waals surface area contributed by atoms with E-state index in [1.54, 1.807) is 6.92 Å². The summed E-state index contributed by atoms with van der Waals surface area (Å²) < 4.78 is 4.78. The minimum Gasteiger partial charge on any atom is -0.449 e. The highest BCUT2D eigenvalue weighted by atomic mass is 35.5. The molecule has 1 N–H and O–H groups in total. The first-order valence-electron chi connectivity index (χ1n) is 6.74. The van der Waals surface area contributed by atoms with Gasteiger partial charge in [0.05, 0.1) is 12.2 Å². The fourth-order valence-electron chi connectivity index (χ4n) is 2.15. The Hall–Kier alpha value is -2.51. The zero-order valence-corrected chi connectivity index (χ0v) is 12.9. The minimum atomic E-state index is -0.663. The van der Waals surface area contributed by atoms with Crippen LogP contribution in [0, 0.1) is 22.7 Å². The van der Waals surface area contributed by atoms with Crippen molar-refractivity contribution in [1.82, 2.24) is 10.4 Å². The largest absolute Gasteiger partial charge is 0.449 e. The molecule has 114 valence electrons. The maximum Gasteiger partial charge on any atom is 0.426 e. The van der Waals surface area contributed by atoms with Crippen LogP contribution in [0.5, 0.6) is 0 Å². The Balaban J connectivity index is 2.46. The summed E-state index contributed by atoms with van der Waals surface area (Å²) in [5, 5.41) is 20.0. The lowest BCUT2D eigenvalue weighted by Gasteiger charge is -2.21. The van der Waals surface area contributed by atoms with Crippen molar-refractivity contribution in [2.45, 2.75) is 25.7 Å². The first-order valence-corrected chi connectivity index (χ1v) is 7.12. The summed E-state index contributed by atoms with van der Waals surface area (Å²) in [6.45, 7) is 1.90. The summed E-state index contributed by atoms with van der Waals surface area (Å²) in [6.07, 6.45) is 1.14. The maximum atomic E-state index is 11.5. The van der Waals surface area contributed by atoms with Crippen molar-refractivity contribution in [2.24, 2.45) is 0 Å². The van der Waals surface area contributed by atoms with Gasteiger partial charge in [0.1, 0.15) is 22.9 Å². The Morgan fingerprint density at radius 3 is 2.59 bits per heavy atom. The molecular weight excluding hydrogens is 306 g/mol. The molecule has 1 aliphatic rings. The average molecular weight is 320 g/mol. The third-order valence-corrected chi connectivity index (χ3v) is 3.51. The summed E-state index contributed by atoms with van der Waals surface area (Å²) >= 11 is 6.06. The number of nitrogens with zero attached hydrogens (tertiary/aromatic N) is 4. The van der Waals surface area contributed by atoms with E-state index in [1.165, 1.54) is 12.1 Å². The molecule has 0 radical (unpaired) electrons. The van der Waals surface area contributed by atoms with E-state index in [-0.39, 0.29) is 34.6 Å². The van der Waals surface area contributed by atoms with Gasteiger partial charge in [-0.1, -0.05) is 11.6 Å². The Morgan fingerprint density at radius 1 is 1.45 bits per heavy atom. The minimum absolute atomic E-state index is 0.0240. The highest BCUT2D eigenvalue weighted by Gasteiger charge is 2.33. The second kappa shape index (κ2) is 6.50. The van der Waals surface area contributed by atoms with Gasteiger partial charge in [0.25, 0.3) is 0 Å². The zero-order chi connectivity index (χ0) is 16.3. The van der Waals surface area contributed by atoms with Crippen LogP contribution >= 0.6 is 11.6 Å². The third kappa shape index (κ3) is 3.05. The topological polar surface area (TPSA) is 102 Å². The van der Waals surface area contributed by atoms with Gasteiger partial charge in [0.15, 0.2) is 5.82 Å². The number of hydrogen-bond acceptors (Lipinski definition) is 6. The smallest absolute Gasteiger partial charge is 0.426 e. The number of carbonyl (C=O) groups is 1. The molecule has 1 aromatic rings. The van der Waals surface area contributed by atoms with E-state index in [2.05, 4.69) is 16.5 Å². The van der Waals surface area contributed by atoms with Crippen LogP contribution in [-0.2, 0) is 4.74 Å². The van der Waals surface area contributed by atoms with Crippen molar-refractivity contribution in [3.05, 3.63) is 21.8 Å². The van der Waals surface area contributed by atoms with Gasteiger partial charge >= 0.3 is 6.09 Å². The molecule has 0 saturated heterocycles. The van der Waals surface area contributed by atoms with Crippen LogP contribution in [0.1, 0.15) is 42.4 Å². The number of ether oxygens (including phenoxy) is 1. The number of aromatic nitrogens is 1. The highest BCUT2D eigenvalue weighted by Crippen LogP contribution is 2.46. The SMILES string of the molecule is CCOC(=O)NN(C)c1nc(Cl)c(C#N)c(C2CC2)c1C#N. The van der Waals surface area contributed by atoms with Crippen molar-refractivity contribution < 1.29 is 9.53 Å². The summed E-state index contributed by atoms with van der Waals surface area (Å²) in [7, 11) is 1.53. The van der Waals surface area contributed by atoms with E-state index >= 15 is 0 Å². The Labute approximate surface area is 133 Å². The van der Waals surface area contributed by atoms with Crippen LogP contribution in [0.15, 0.2) is 0 Å². The van der Waals surface area contributed by atoms with Gasteiger partial charge in [-0.3, -0.25) is 5.01 Å². The number of hydrazine groups is 1. The standard InChI is InChI=1S/C14H14ClN5O2/c1-3-22-14(21)19-20(2)13-10(7-17)11(8-4-5-8)9(6-16)12(15)18-13/h8H,3-5H2,1-2H3,(H,19,21). The molecular formula is C14H14ClN5O2. The lowest BCUT2D eigenvalue weighted by atomic mass is 10.00. The lowest BCUT2D eigenvalue weighted by molar-refractivity contribution is 0.151. The van der Waals surface area contributed by atoms with Crippen molar-refractivity contribution in [1.29, 1.82) is 10.5 Å². The molecule has 1 heterocycles. The first-order chi connectivity index (χ1) is 10.5. The number of nitriles is 2. The molecule has 7 nitrogen and oxygen atoms in total. The van der Waals surface area contributed by atoms with Crippen LogP contribution in [0.3, 0.4) is 0 Å². The Bertz CT molecular complexity index is 688. The van der Waals surface area contributed by atoms with Crippen LogP contribution in [0.2, 0.25) is 5.15 Å². The third-order valence-electron chi connectivity index (χ3n) is 3.23. The predicted octanol–water partition coefficient (Wildman–Crippen LogP) is 2.45. The average Bonchev–Trinajstić information content (AvgIpc) is 3.30. The van der Waals surface area contributed by atoms with Crippen molar-refractivity contribution >= 4 is 23.5 Å². The van der Waals surface area contributed by atoms with Crippen molar-refractivity contribution in [3.63, 3.8) is 0 Å². The molecule has 0 atom stereocenters. The van der Waals surface area contributed by atoms with Crippen molar-refractivity contribution in [3.8, 4) is 12.1 Å². The monoisotopic (exact) mass is 319 g/mol. The highest BCUT2D eigenvalue weighted by molar-refractivity contribution is 6.30. The number of amides is 1. The van der Waals surface area contributed by atoms with Crippen LogP contribution in [-0.4, -0.2) is 24.7 Å². The number of anilines is 1. The molecule has 1 fully saturated rings. The molecule has 0 aromatic carbocycles. The Kier molecular flexibility index (Phi) is 4.69. The van der Waals surface area contributed by atoms with Gasteiger partial charge in [0.2, 0.25) is 0 Å². The normalized spacial score (nSPS) is 13.0. The molecule has 8 heteroatoms. The van der Waals surface area contributed by atoms with Crippen LogP contribution in [0.4, 0.5) is 10.6 Å². The van der Waals surface area contributed by atoms with Gasteiger partial charge in [-0.2, -0.15) is 10.5 Å². The van der Waals surface area contributed by atoms with Gasteiger partial charge < -0.3 is 4.74 Å². The van der Waals surface area contributed by atoms with E-state index in [4.69, 9.17) is 16.3 Å². The number of nitrogens with one attached hydrogen (secondary N) is 1. The molecule has 2 rings (SSSR count). The summed E-state index contributed by atoms with van der Waals surface area (Å²) in [6, 6.07) is 4.08. The van der Waals surface area contributed by atoms with Gasteiger partial charge in [-0.25, -0.2) is 15.2 Å². The molecule has 1 aliphatic carbocycles. The quantitative estimate of drug-likeness (QED) is 0.675. The number of rotatable bonds is 4. The second-order valence-electron chi connectivity index (χ2n) is 4.78. The molecule has 1 saturated carbocycles. The first kappa shape index (κ1) is 15.9. The molecule has 22 heavy (non-hydrogen) atoms. The molecule has 0 spiro atoms. The molecule has 0 aliphatic heterocycles. The fourth-order valence-corrected chi connectivity index (χ4v) is 2.38. The summed E-state index contributed by atoms with van der Waals surface area (Å²) in [5.74, 6) is 0.334. The van der Waals surface area contributed by atoms with E-state index in [9.17, 15) is 15.3 Å². The number of halogens is 1. The molecule has 0 bridgehead atoms. The number of carbonyl (C=O) groups excluding carboxylic acids is 1. The summed E-state index contributed by atoms with van der Waals surface area (Å²) in [4.78, 5) is 15.6. The van der Waals surface area contributed by atoms with Gasteiger partial charge in [0, 0.05) is 7.05 Å². The Morgan fingerprint density at radius 2 is 2.09 bits per heavy atom. The zero-order valence-electron chi connectivity index (χ0n) is 12.2. The molecule has 1 aromatic heterocycles. The molecule has 1 amide bonds. The maximum absolute atomic E-state index is 11.5. The van der Waals surface area contributed by atoms with Gasteiger partial charge in [-0.15, -0.1) is 0 Å². The second-order valence-corrected chi connectivity index (χ2v) is 5.14. The van der Waals surface area contributed by atoms with Gasteiger partial charge in [-0.05, 0) is 31.2 Å². The van der Waals surface area contributed by atoms with E-state index in [0.717, 1.165) is 12.8 Å². The molecule has 0 unspecified atom stereocenters. The van der Waals surface area contributed by atoms with E-state index in [1.807, 2.05) is 6.07 Å². The lowest BCUT2D eigenvalue weighted by Crippen LogP contribution is -2.40. The predicted molar refractivity (Wildman–Crippen MR) is 79.2 cm³/mol. The number of hydrogen-bond donors (Lipinski definition) is 1. The van der Waals surface area contributed by atoms with Crippen LogP contribution < -0.4 is 10.4 Å². The number of pyridine rings is 1. The van der Waals surface area contributed by atoms with Crippen molar-refractivity contribution in [2.75, 3.05) is 18.7 Å². The van der Waals surface area contributed by atoms with E-state index in [0.29, 0.717) is 5.56 Å². The van der Waals surface area contributed by atoms with Crippen LogP contribution in [0.25, 0.3) is 0 Å². The summed E-state index contributed by atoms with van der Waals surface area (Å²) in [5.41, 5.74) is 3.53. The van der Waals surface area contributed by atoms with E-state index < -0.39 is 6.09 Å². The fraction of sp³-hybridized carbons (Fsp3) is 0.429.